The number of methoxy groups -OCH3 is 1. The summed E-state index contributed by atoms with van der Waals surface area (Å²) in [6.07, 6.45) is 0.918. The van der Waals surface area contributed by atoms with Crippen molar-refractivity contribution in [3.63, 3.8) is 0 Å². The van der Waals surface area contributed by atoms with Gasteiger partial charge in [0.05, 0.1) is 6.61 Å². The molecule has 3 atom stereocenters. The van der Waals surface area contributed by atoms with Crippen molar-refractivity contribution in [1.82, 2.24) is 4.90 Å². The van der Waals surface area contributed by atoms with Crippen LogP contribution in [0.3, 0.4) is 0 Å². The Kier molecular flexibility index (Phi) is 6.80. The van der Waals surface area contributed by atoms with E-state index in [9.17, 15) is 0 Å². The maximum absolute atomic E-state index is 6.31. The van der Waals surface area contributed by atoms with Crippen molar-refractivity contribution >= 4 is 11.6 Å². The average molecular weight is 285 g/mol. The van der Waals surface area contributed by atoms with Crippen LogP contribution >= 0.6 is 11.6 Å². The molecule has 4 heteroatoms. The van der Waals surface area contributed by atoms with Gasteiger partial charge in [0.2, 0.25) is 0 Å². The van der Waals surface area contributed by atoms with E-state index in [4.69, 9.17) is 22.1 Å². The van der Waals surface area contributed by atoms with Crippen LogP contribution in [0.2, 0.25) is 5.02 Å². The first-order valence-electron chi connectivity index (χ1n) is 6.73. The number of nitrogens with zero attached hydrogens (tertiary/aromatic N) is 1. The molecule has 0 heterocycles. The third-order valence-electron chi connectivity index (χ3n) is 3.61. The lowest BCUT2D eigenvalue weighted by molar-refractivity contribution is 0.0794. The molecule has 0 spiro atoms. The van der Waals surface area contributed by atoms with E-state index in [1.807, 2.05) is 18.2 Å². The number of nitrogens with two attached hydrogens (primary N) is 1. The molecule has 1 aromatic carbocycles. The summed E-state index contributed by atoms with van der Waals surface area (Å²) in [6.45, 7) is 4.93. The summed E-state index contributed by atoms with van der Waals surface area (Å²) in [5.41, 5.74) is 7.47. The van der Waals surface area contributed by atoms with Crippen LogP contribution in [0.4, 0.5) is 0 Å². The molecular weight excluding hydrogens is 260 g/mol. The largest absolute Gasteiger partial charge is 0.383 e. The molecule has 0 aromatic heterocycles. The van der Waals surface area contributed by atoms with E-state index >= 15 is 0 Å². The third kappa shape index (κ3) is 4.46. The van der Waals surface area contributed by atoms with Gasteiger partial charge in [-0.1, -0.05) is 30.7 Å². The summed E-state index contributed by atoms with van der Waals surface area (Å²) < 4.78 is 5.24. The van der Waals surface area contributed by atoms with E-state index in [1.165, 1.54) is 0 Å². The molecule has 3 nitrogen and oxygen atoms in total. The summed E-state index contributed by atoms with van der Waals surface area (Å²) in [7, 11) is 3.81. The van der Waals surface area contributed by atoms with E-state index in [-0.39, 0.29) is 12.1 Å². The molecule has 19 heavy (non-hydrogen) atoms. The predicted molar refractivity (Wildman–Crippen MR) is 81.6 cm³/mol. The Hall–Kier alpha value is -0.610. The van der Waals surface area contributed by atoms with Crippen LogP contribution < -0.4 is 5.73 Å². The van der Waals surface area contributed by atoms with Gasteiger partial charge in [0.25, 0.3) is 0 Å². The number of likely N-dealkylation sites (N-methyl/N-ethyl adjacent to an activating group) is 1. The second-order valence-corrected chi connectivity index (χ2v) is 5.48. The van der Waals surface area contributed by atoms with Crippen LogP contribution in [0.1, 0.15) is 31.9 Å². The van der Waals surface area contributed by atoms with Gasteiger partial charge in [-0.25, -0.2) is 0 Å². The first-order valence-corrected chi connectivity index (χ1v) is 7.11. The summed E-state index contributed by atoms with van der Waals surface area (Å²) >= 11 is 6.10. The minimum atomic E-state index is 0.0720. The van der Waals surface area contributed by atoms with Crippen molar-refractivity contribution in [1.29, 1.82) is 0 Å². The zero-order valence-electron chi connectivity index (χ0n) is 12.3. The normalized spacial score (nSPS) is 16.4. The summed E-state index contributed by atoms with van der Waals surface area (Å²) in [4.78, 5) is 2.27. The van der Waals surface area contributed by atoms with E-state index in [2.05, 4.69) is 31.9 Å². The van der Waals surface area contributed by atoms with Crippen molar-refractivity contribution in [2.45, 2.75) is 38.4 Å². The molecule has 108 valence electrons. The molecule has 3 unspecified atom stereocenters. The van der Waals surface area contributed by atoms with Gasteiger partial charge in [-0.05, 0) is 38.1 Å². The summed E-state index contributed by atoms with van der Waals surface area (Å²) in [6, 6.07) is 8.46. The molecule has 0 bridgehead atoms. The van der Waals surface area contributed by atoms with Gasteiger partial charge in [-0.3, -0.25) is 4.90 Å². The lowest BCUT2D eigenvalue weighted by Gasteiger charge is -2.36. The van der Waals surface area contributed by atoms with E-state index in [0.29, 0.717) is 12.6 Å². The summed E-state index contributed by atoms with van der Waals surface area (Å²) in [5, 5.41) is 0.749. The van der Waals surface area contributed by atoms with E-state index in [1.54, 1.807) is 7.11 Å². The molecule has 0 amide bonds. The van der Waals surface area contributed by atoms with Crippen LogP contribution in [0.15, 0.2) is 24.3 Å². The molecule has 2 N–H and O–H groups in total. The topological polar surface area (TPSA) is 38.5 Å². The molecule has 1 rings (SSSR count). The Morgan fingerprint density at radius 3 is 2.63 bits per heavy atom. The smallest absolute Gasteiger partial charge is 0.0615 e. The van der Waals surface area contributed by atoms with Gasteiger partial charge in [0, 0.05) is 30.3 Å². The second kappa shape index (κ2) is 7.85. The molecule has 0 saturated heterocycles. The van der Waals surface area contributed by atoms with Crippen molar-refractivity contribution in [3.05, 3.63) is 34.9 Å². The second-order valence-electron chi connectivity index (χ2n) is 5.04. The lowest BCUT2D eigenvalue weighted by atomic mass is 9.95. The monoisotopic (exact) mass is 284 g/mol. The average Bonchev–Trinajstić information content (AvgIpc) is 2.39. The summed E-state index contributed by atoms with van der Waals surface area (Å²) in [5.74, 6) is 0. The molecule has 0 aliphatic rings. The quantitative estimate of drug-likeness (QED) is 0.836. The number of rotatable bonds is 7. The standard InChI is InChI=1S/C15H25ClN2O/c1-5-14(17)15(18(3)11(2)10-19-4)12-7-6-8-13(16)9-12/h6-9,11,14-15H,5,10,17H2,1-4H3. The van der Waals surface area contributed by atoms with Gasteiger partial charge in [0.1, 0.15) is 0 Å². The Morgan fingerprint density at radius 1 is 1.42 bits per heavy atom. The van der Waals surface area contributed by atoms with E-state index in [0.717, 1.165) is 17.0 Å². The molecule has 1 aromatic rings. The predicted octanol–water partition coefficient (Wildman–Crippen LogP) is 3.09. The minimum Gasteiger partial charge on any atom is -0.383 e. The molecule has 0 saturated carbocycles. The van der Waals surface area contributed by atoms with Crippen LogP contribution in [0.25, 0.3) is 0 Å². The number of halogens is 1. The Bertz CT molecular complexity index is 386. The number of benzene rings is 1. The Labute approximate surface area is 121 Å². The van der Waals surface area contributed by atoms with Crippen LogP contribution in [0.5, 0.6) is 0 Å². The van der Waals surface area contributed by atoms with Crippen molar-refractivity contribution in [3.8, 4) is 0 Å². The molecular formula is C15H25ClN2O. The lowest BCUT2D eigenvalue weighted by Crippen LogP contribution is -2.44. The Balaban J connectivity index is 3.01. The van der Waals surface area contributed by atoms with Crippen molar-refractivity contribution in [2.24, 2.45) is 5.73 Å². The number of hydrogen-bond donors (Lipinski definition) is 1. The highest BCUT2D eigenvalue weighted by molar-refractivity contribution is 6.30. The van der Waals surface area contributed by atoms with Crippen molar-refractivity contribution < 1.29 is 4.74 Å². The zero-order valence-corrected chi connectivity index (χ0v) is 13.0. The molecule has 0 radical (unpaired) electrons. The first kappa shape index (κ1) is 16.4. The van der Waals surface area contributed by atoms with Gasteiger partial charge in [-0.15, -0.1) is 0 Å². The fourth-order valence-electron chi connectivity index (χ4n) is 2.33. The fraction of sp³-hybridized carbons (Fsp3) is 0.600. The van der Waals surface area contributed by atoms with Gasteiger partial charge < -0.3 is 10.5 Å². The van der Waals surface area contributed by atoms with E-state index < -0.39 is 0 Å². The zero-order chi connectivity index (χ0) is 14.4. The maximum atomic E-state index is 6.31. The Morgan fingerprint density at radius 2 is 2.11 bits per heavy atom. The highest BCUT2D eigenvalue weighted by Crippen LogP contribution is 2.27. The van der Waals surface area contributed by atoms with Crippen LogP contribution in [-0.2, 0) is 4.74 Å². The first-order chi connectivity index (χ1) is 9.01. The number of ether oxygens (including phenoxy) is 1. The van der Waals surface area contributed by atoms with Gasteiger partial charge >= 0.3 is 0 Å². The third-order valence-corrected chi connectivity index (χ3v) is 3.84. The molecule has 0 fully saturated rings. The minimum absolute atomic E-state index is 0.0720. The van der Waals surface area contributed by atoms with Gasteiger partial charge in [-0.2, -0.15) is 0 Å². The fourth-order valence-corrected chi connectivity index (χ4v) is 2.53. The highest BCUT2D eigenvalue weighted by Gasteiger charge is 2.26. The maximum Gasteiger partial charge on any atom is 0.0615 e. The number of hydrogen-bond acceptors (Lipinski definition) is 3. The SMILES string of the molecule is CCC(N)C(c1cccc(Cl)c1)N(C)C(C)COC. The molecule has 0 aliphatic carbocycles. The highest BCUT2D eigenvalue weighted by atomic mass is 35.5. The van der Waals surface area contributed by atoms with Gasteiger partial charge in [0.15, 0.2) is 0 Å². The van der Waals surface area contributed by atoms with Crippen LogP contribution in [0, 0.1) is 0 Å². The van der Waals surface area contributed by atoms with Crippen molar-refractivity contribution in [2.75, 3.05) is 20.8 Å². The molecule has 0 aliphatic heterocycles. The van der Waals surface area contributed by atoms with Crippen LogP contribution in [-0.4, -0.2) is 37.7 Å².